The van der Waals surface area contributed by atoms with Crippen LogP contribution in [0.4, 0.5) is 74.6 Å². The molecular formula is C33H50F17N3O3S. The minimum absolute atomic E-state index is 1.06. The van der Waals surface area contributed by atoms with Gasteiger partial charge in [-0.1, -0.05) is 103 Å². The highest BCUT2D eigenvalue weighted by atomic mass is 32.2. The second kappa shape index (κ2) is 21.1. The molecule has 6 nitrogen and oxygen atoms in total. The summed E-state index contributed by atoms with van der Waals surface area (Å²) in [6, 6.07) is 0. The predicted molar refractivity (Wildman–Crippen MR) is 174 cm³/mol. The Kier molecular flexibility index (Phi) is 19.7. The van der Waals surface area contributed by atoms with Crippen LogP contribution in [0.5, 0.6) is 0 Å². The third kappa shape index (κ3) is 12.4. The fourth-order valence-electron chi connectivity index (χ4n) is 6.23. The van der Waals surface area contributed by atoms with Gasteiger partial charge in [-0.05, 0) is 6.42 Å². The smallest absolute Gasteiger partial charge is 0.460 e. The molecule has 24 heteroatoms. The van der Waals surface area contributed by atoms with Crippen LogP contribution in [0, 0.1) is 0 Å². The molecule has 57 heavy (non-hydrogen) atoms. The molecule has 2 heterocycles. The Hall–Kier alpha value is -1.85. The van der Waals surface area contributed by atoms with Crippen LogP contribution in [0.3, 0.4) is 0 Å². The Morgan fingerprint density at radius 3 is 1.28 bits per heavy atom. The Labute approximate surface area is 320 Å². The molecule has 0 amide bonds. The van der Waals surface area contributed by atoms with Crippen molar-refractivity contribution in [2.45, 2.75) is 169 Å². The van der Waals surface area contributed by atoms with Crippen LogP contribution < -0.4 is 4.90 Å². The van der Waals surface area contributed by atoms with E-state index in [1.807, 2.05) is 0 Å². The maximum Gasteiger partial charge on any atom is 0.460 e. The number of quaternary nitrogens is 1. The summed E-state index contributed by atoms with van der Waals surface area (Å²) < 4.78 is 244. The molecule has 0 saturated carbocycles. The fourth-order valence-corrected chi connectivity index (χ4v) is 6.67. The molecule has 2 rings (SSSR count). The topological polar surface area (TPSA) is 77.2 Å². The van der Waals surface area contributed by atoms with Gasteiger partial charge in [0, 0.05) is 25.9 Å². The van der Waals surface area contributed by atoms with Gasteiger partial charge in [-0.15, -0.1) is 0 Å². The second-order valence-electron chi connectivity index (χ2n) is 14.2. The number of nitrogens with one attached hydrogen (secondary N) is 1. The number of aliphatic imine (C=N–C) groups is 1. The molecule has 0 aromatic carbocycles. The van der Waals surface area contributed by atoms with Gasteiger partial charge >= 0.3 is 47.0 Å². The molecule has 0 bridgehead atoms. The van der Waals surface area contributed by atoms with E-state index < -0.39 is 57.1 Å². The van der Waals surface area contributed by atoms with Crippen molar-refractivity contribution in [2.75, 3.05) is 32.7 Å². The first-order valence-corrected chi connectivity index (χ1v) is 20.1. The first-order valence-electron chi connectivity index (χ1n) is 18.7. The van der Waals surface area contributed by atoms with Crippen molar-refractivity contribution in [3.8, 4) is 0 Å². The van der Waals surface area contributed by atoms with Crippen LogP contribution >= 0.6 is 0 Å². The molecule has 0 aliphatic carbocycles. The van der Waals surface area contributed by atoms with E-state index in [0.29, 0.717) is 0 Å². The third-order valence-corrected chi connectivity index (χ3v) is 10.6. The Morgan fingerprint density at radius 2 is 0.895 bits per heavy atom. The summed E-state index contributed by atoms with van der Waals surface area (Å²) in [7, 11) is -8.14. The molecule has 1 atom stereocenters. The van der Waals surface area contributed by atoms with Gasteiger partial charge in [0.1, 0.15) is 0 Å². The van der Waals surface area contributed by atoms with Crippen molar-refractivity contribution in [3.63, 3.8) is 0 Å². The van der Waals surface area contributed by atoms with E-state index in [4.69, 9.17) is 4.99 Å². The highest BCUT2D eigenvalue weighted by Gasteiger charge is 2.95. The van der Waals surface area contributed by atoms with E-state index in [2.05, 4.69) is 11.8 Å². The van der Waals surface area contributed by atoms with E-state index in [9.17, 15) is 87.6 Å². The predicted octanol–water partition coefficient (Wildman–Crippen LogP) is 10.1. The molecule has 0 aromatic heterocycles. The molecule has 0 radical (unpaired) electrons. The Morgan fingerprint density at radius 1 is 0.544 bits per heavy atom. The summed E-state index contributed by atoms with van der Waals surface area (Å²) >= 11 is 0. The number of hydrogen-bond acceptors (Lipinski definition) is 5. The lowest BCUT2D eigenvalue weighted by atomic mass is 9.91. The van der Waals surface area contributed by atoms with E-state index in [1.54, 1.807) is 4.90 Å². The van der Waals surface area contributed by atoms with E-state index in [0.717, 1.165) is 6.54 Å². The van der Waals surface area contributed by atoms with Gasteiger partial charge in [-0.25, -0.2) is 13.4 Å². The lowest BCUT2D eigenvalue weighted by molar-refractivity contribution is -0.818. The summed E-state index contributed by atoms with van der Waals surface area (Å²) in [4.78, 5) is 9.09. The van der Waals surface area contributed by atoms with Crippen LogP contribution in [0.15, 0.2) is 4.99 Å². The molecule has 1 saturated heterocycles. The number of halogens is 17. The van der Waals surface area contributed by atoms with E-state index >= 15 is 0 Å². The first kappa shape index (κ1) is 53.2. The maximum absolute atomic E-state index is 13.0. The zero-order valence-electron chi connectivity index (χ0n) is 31.2. The highest BCUT2D eigenvalue weighted by molar-refractivity contribution is 7.86. The van der Waals surface area contributed by atoms with Gasteiger partial charge in [0.05, 0.1) is 19.6 Å². The molecule has 340 valence electrons. The van der Waals surface area contributed by atoms with Crippen LogP contribution in [0.1, 0.15) is 122 Å². The minimum Gasteiger partial charge on any atom is -0.743 e. The summed E-state index contributed by atoms with van der Waals surface area (Å²) in [5.41, 5.74) is 0. The normalized spacial score (nSPS) is 18.2. The number of nitrogens with zero attached hydrogens (tertiary/aromatic N) is 2. The average Bonchev–Trinajstić information content (AvgIpc) is 3.10. The molecule has 2 aliphatic rings. The van der Waals surface area contributed by atoms with Gasteiger partial charge in [0.15, 0.2) is 10.1 Å². The summed E-state index contributed by atoms with van der Waals surface area (Å²) in [5.74, 6) is -50.7. The molecule has 2 aliphatic heterocycles. The van der Waals surface area contributed by atoms with Crippen LogP contribution in [0.25, 0.3) is 0 Å². The molecule has 0 spiro atoms. The highest BCUT2D eigenvalue weighted by Crippen LogP contribution is 2.64. The van der Waals surface area contributed by atoms with Gasteiger partial charge in [0.2, 0.25) is 0 Å². The third-order valence-electron chi connectivity index (χ3n) is 9.71. The van der Waals surface area contributed by atoms with Crippen molar-refractivity contribution in [1.29, 1.82) is 0 Å². The van der Waals surface area contributed by atoms with Crippen molar-refractivity contribution in [3.05, 3.63) is 0 Å². The molecule has 1 unspecified atom stereocenters. The largest absolute Gasteiger partial charge is 0.743 e. The lowest BCUT2D eigenvalue weighted by Gasteiger charge is -2.42. The van der Waals surface area contributed by atoms with Gasteiger partial charge in [-0.3, -0.25) is 4.90 Å². The van der Waals surface area contributed by atoms with Crippen molar-refractivity contribution in [1.82, 2.24) is 4.90 Å². The summed E-state index contributed by atoms with van der Waals surface area (Å²) in [6.07, 6.45) is 18.0. The zero-order chi connectivity index (χ0) is 44.2. The standard InChI is InChI=1S/C25H49N3.C8HF17O3S/c1-2-3-4-5-6-7-8-9-10-11-12-13-14-15-16-17-21-27-23-19-24-28-22-18-20-26-25(27)28;9-1(10,3(13,14)5(17,18)7(21,22)23)2(11,12)4(15,16)6(19,20)8(24,25)29(26,27)28/h2-24H2,1H3;(H,26,27,28). The van der Waals surface area contributed by atoms with Gasteiger partial charge in [-0.2, -0.15) is 74.6 Å². The Bertz CT molecular complexity index is 1350. The summed E-state index contributed by atoms with van der Waals surface area (Å²) in [5, 5.41) is -7.95. The van der Waals surface area contributed by atoms with E-state index in [1.165, 1.54) is 148 Å². The minimum atomic E-state index is -8.92. The number of unbranched alkanes of at least 4 members (excludes halogenated alkanes) is 15. The zero-order valence-corrected chi connectivity index (χ0v) is 32.0. The fraction of sp³-hybridized carbons (Fsp3) is 0.970. The van der Waals surface area contributed by atoms with Crippen LogP contribution in [-0.2, 0) is 10.1 Å². The molecule has 1 fully saturated rings. The van der Waals surface area contributed by atoms with Crippen molar-refractivity contribution in [2.24, 2.45) is 4.99 Å². The Balaban J connectivity index is 0.000000570. The molecule has 0 aromatic rings. The molecular weight excluding hydrogens is 841 g/mol. The van der Waals surface area contributed by atoms with E-state index in [-0.39, 0.29) is 0 Å². The van der Waals surface area contributed by atoms with Crippen molar-refractivity contribution >= 4 is 16.1 Å². The average molecular weight is 892 g/mol. The quantitative estimate of drug-likeness (QED) is 0.0595. The maximum atomic E-state index is 13.0. The first-order chi connectivity index (χ1) is 25.9. The SMILES string of the molecule is CCCCCCCCCCCCCCCCCCN1CCC[NH+]2CCCN=C12.O=S(=O)([O-])C(F)(F)C(F)(F)C(F)(F)C(F)(F)C(F)(F)C(F)(F)C(F)(F)C(F)(F)F. The number of rotatable bonds is 24. The number of fused-ring (bicyclic) bond motifs is 1. The lowest BCUT2D eigenvalue weighted by Crippen LogP contribution is -3.18. The van der Waals surface area contributed by atoms with Crippen molar-refractivity contribution < 1.29 is 92.5 Å². The van der Waals surface area contributed by atoms with Gasteiger partial charge < -0.3 is 9.45 Å². The molecule has 1 N–H and O–H groups in total. The van der Waals surface area contributed by atoms with Crippen LogP contribution in [-0.4, -0.2) is 104 Å². The number of hydrogen-bond donors (Lipinski definition) is 1. The van der Waals surface area contributed by atoms with Gasteiger partial charge in [0.25, 0.3) is 5.96 Å². The monoisotopic (exact) mass is 891 g/mol. The summed E-state index contributed by atoms with van der Waals surface area (Å²) in [6.45, 7) is 8.49. The second-order valence-corrected chi connectivity index (χ2v) is 15.6. The number of guanidine groups is 1. The van der Waals surface area contributed by atoms with Crippen LogP contribution in [0.2, 0.25) is 0 Å². The number of alkyl halides is 17.